The third-order valence-electron chi connectivity index (χ3n) is 6.83. The minimum Gasteiger partial charge on any atom is -0.493 e. The molecule has 0 saturated carbocycles. The van der Waals surface area contributed by atoms with Crippen molar-refractivity contribution < 1.29 is 14.2 Å². The average molecular weight is 449 g/mol. The Morgan fingerprint density at radius 2 is 1.06 bits per heavy atom. The van der Waals surface area contributed by atoms with Crippen molar-refractivity contribution in [1.82, 2.24) is 0 Å². The smallest absolute Gasteiger partial charge is 0.135 e. The molecule has 1 heterocycles. The lowest BCUT2D eigenvalue weighted by molar-refractivity contribution is 0.312. The second-order valence-electron chi connectivity index (χ2n) is 8.96. The lowest BCUT2D eigenvalue weighted by atomic mass is 9.66. The zero-order valence-corrected chi connectivity index (χ0v) is 19.6. The molecule has 2 aliphatic rings. The van der Waals surface area contributed by atoms with E-state index in [2.05, 4.69) is 86.6 Å². The fraction of sp³-hybridized carbons (Fsp3) is 0.226. The lowest BCUT2D eigenvalue weighted by Gasteiger charge is -2.39. The number of fused-ring (bicyclic) bond motifs is 9. The standard InChI is InChI=1S/C31H28O3/c1-3-17-32-21-13-15-27-29(19-21)34-30-20-22(33-18-4-2)14-16-28(30)31(27)25-11-7-5-9-23(25)24-10-6-8-12-26(24)31/h5-16,19-20H,3-4,17-18H2,1-2H3. The molecule has 170 valence electrons. The molecule has 1 spiro atoms. The first-order valence-corrected chi connectivity index (χ1v) is 12.2. The summed E-state index contributed by atoms with van der Waals surface area (Å²) in [4.78, 5) is 0. The monoisotopic (exact) mass is 448 g/mol. The van der Waals surface area contributed by atoms with Crippen LogP contribution in [0.2, 0.25) is 0 Å². The highest BCUT2D eigenvalue weighted by atomic mass is 16.5. The van der Waals surface area contributed by atoms with Crippen LogP contribution in [0.25, 0.3) is 11.1 Å². The second-order valence-corrected chi connectivity index (χ2v) is 8.96. The van der Waals surface area contributed by atoms with Crippen molar-refractivity contribution in [3.63, 3.8) is 0 Å². The van der Waals surface area contributed by atoms with Crippen LogP contribution in [0.5, 0.6) is 23.0 Å². The number of ether oxygens (including phenoxy) is 3. The summed E-state index contributed by atoms with van der Waals surface area (Å²) in [5.74, 6) is 3.33. The normalized spacial score (nSPS) is 13.9. The van der Waals surface area contributed by atoms with Gasteiger partial charge in [-0.05, 0) is 47.2 Å². The fourth-order valence-corrected chi connectivity index (χ4v) is 5.49. The van der Waals surface area contributed by atoms with Crippen molar-refractivity contribution in [1.29, 1.82) is 0 Å². The molecule has 1 aliphatic heterocycles. The Kier molecular flexibility index (Phi) is 5.06. The van der Waals surface area contributed by atoms with Gasteiger partial charge in [0.1, 0.15) is 23.0 Å². The molecule has 3 nitrogen and oxygen atoms in total. The van der Waals surface area contributed by atoms with Gasteiger partial charge in [-0.1, -0.05) is 74.5 Å². The molecule has 0 radical (unpaired) electrons. The molecule has 0 amide bonds. The largest absolute Gasteiger partial charge is 0.493 e. The van der Waals surface area contributed by atoms with Crippen molar-refractivity contribution in [2.45, 2.75) is 32.1 Å². The quantitative estimate of drug-likeness (QED) is 0.261. The molecule has 4 aromatic carbocycles. The van der Waals surface area contributed by atoms with Crippen LogP contribution < -0.4 is 14.2 Å². The van der Waals surface area contributed by atoms with Gasteiger partial charge in [-0.25, -0.2) is 0 Å². The van der Waals surface area contributed by atoms with Gasteiger partial charge in [-0.15, -0.1) is 0 Å². The maximum absolute atomic E-state index is 6.58. The van der Waals surface area contributed by atoms with Gasteiger partial charge >= 0.3 is 0 Å². The van der Waals surface area contributed by atoms with Gasteiger partial charge in [-0.2, -0.15) is 0 Å². The first-order valence-electron chi connectivity index (χ1n) is 12.2. The maximum atomic E-state index is 6.58. The highest BCUT2D eigenvalue weighted by Gasteiger charge is 2.51. The molecule has 0 unspecified atom stereocenters. The summed E-state index contributed by atoms with van der Waals surface area (Å²) in [5.41, 5.74) is 6.94. The average Bonchev–Trinajstić information content (AvgIpc) is 3.17. The van der Waals surface area contributed by atoms with Crippen LogP contribution in [0.15, 0.2) is 84.9 Å². The van der Waals surface area contributed by atoms with Crippen molar-refractivity contribution in [2.24, 2.45) is 0 Å². The third-order valence-corrected chi connectivity index (χ3v) is 6.83. The van der Waals surface area contributed by atoms with E-state index < -0.39 is 5.41 Å². The molecule has 6 rings (SSSR count). The summed E-state index contributed by atoms with van der Waals surface area (Å²) in [6.07, 6.45) is 1.92. The Bertz CT molecular complexity index is 1270. The van der Waals surface area contributed by atoms with E-state index >= 15 is 0 Å². The van der Waals surface area contributed by atoms with E-state index in [4.69, 9.17) is 14.2 Å². The van der Waals surface area contributed by atoms with Gasteiger partial charge in [0.05, 0.1) is 18.6 Å². The lowest BCUT2D eigenvalue weighted by Crippen LogP contribution is -2.32. The van der Waals surface area contributed by atoms with E-state index in [1.165, 1.54) is 22.3 Å². The van der Waals surface area contributed by atoms with Crippen LogP contribution in [0.3, 0.4) is 0 Å². The van der Waals surface area contributed by atoms with Crippen LogP contribution >= 0.6 is 0 Å². The van der Waals surface area contributed by atoms with E-state index in [0.29, 0.717) is 13.2 Å². The van der Waals surface area contributed by atoms with Gasteiger partial charge in [0, 0.05) is 23.3 Å². The Balaban J connectivity index is 1.64. The van der Waals surface area contributed by atoms with Crippen LogP contribution in [-0.4, -0.2) is 13.2 Å². The number of hydrogen-bond acceptors (Lipinski definition) is 3. The Hall–Kier alpha value is -3.72. The summed E-state index contributed by atoms with van der Waals surface area (Å²) in [5, 5.41) is 0. The minimum absolute atomic E-state index is 0.456. The topological polar surface area (TPSA) is 27.7 Å². The molecule has 0 bridgehead atoms. The van der Waals surface area contributed by atoms with Crippen molar-refractivity contribution in [2.75, 3.05) is 13.2 Å². The van der Waals surface area contributed by atoms with Gasteiger partial charge < -0.3 is 14.2 Å². The van der Waals surface area contributed by atoms with Crippen molar-refractivity contribution in [3.8, 4) is 34.1 Å². The van der Waals surface area contributed by atoms with E-state index in [1.54, 1.807) is 0 Å². The van der Waals surface area contributed by atoms with E-state index in [-0.39, 0.29) is 0 Å². The summed E-state index contributed by atoms with van der Waals surface area (Å²) in [7, 11) is 0. The van der Waals surface area contributed by atoms with Gasteiger partial charge in [0.15, 0.2) is 0 Å². The molecule has 0 saturated heterocycles. The van der Waals surface area contributed by atoms with E-state index in [0.717, 1.165) is 47.0 Å². The van der Waals surface area contributed by atoms with Gasteiger partial charge in [-0.3, -0.25) is 0 Å². The summed E-state index contributed by atoms with van der Waals surface area (Å²) in [6, 6.07) is 30.1. The Labute approximate surface area is 200 Å². The number of benzene rings is 4. The van der Waals surface area contributed by atoms with Crippen LogP contribution in [-0.2, 0) is 5.41 Å². The predicted molar refractivity (Wildman–Crippen MR) is 135 cm³/mol. The zero-order chi connectivity index (χ0) is 23.1. The Morgan fingerprint density at radius 3 is 1.53 bits per heavy atom. The van der Waals surface area contributed by atoms with Crippen LogP contribution in [0.4, 0.5) is 0 Å². The molecular weight excluding hydrogens is 420 g/mol. The predicted octanol–water partition coefficient (Wildman–Crippen LogP) is 7.73. The maximum Gasteiger partial charge on any atom is 0.135 e. The SMILES string of the molecule is CCCOc1ccc2c(c1)Oc1cc(OCCC)ccc1C21c2ccccc2-c2ccccc21. The van der Waals surface area contributed by atoms with Gasteiger partial charge in [0.2, 0.25) is 0 Å². The summed E-state index contributed by atoms with van der Waals surface area (Å²) >= 11 is 0. The highest BCUT2D eigenvalue weighted by molar-refractivity contribution is 5.88. The summed E-state index contributed by atoms with van der Waals surface area (Å²) < 4.78 is 18.5. The van der Waals surface area contributed by atoms with Crippen molar-refractivity contribution >= 4 is 0 Å². The Morgan fingerprint density at radius 1 is 0.588 bits per heavy atom. The van der Waals surface area contributed by atoms with Gasteiger partial charge in [0.25, 0.3) is 0 Å². The molecule has 3 heteroatoms. The minimum atomic E-state index is -0.456. The molecule has 0 N–H and O–H groups in total. The van der Waals surface area contributed by atoms with Crippen LogP contribution in [0.1, 0.15) is 48.9 Å². The highest BCUT2D eigenvalue weighted by Crippen LogP contribution is 2.62. The number of hydrogen-bond donors (Lipinski definition) is 0. The second kappa shape index (κ2) is 8.25. The first-order chi connectivity index (χ1) is 16.8. The summed E-state index contributed by atoms with van der Waals surface area (Å²) in [6.45, 7) is 5.59. The molecule has 0 atom stereocenters. The fourth-order valence-electron chi connectivity index (χ4n) is 5.49. The van der Waals surface area contributed by atoms with Crippen LogP contribution in [0, 0.1) is 0 Å². The van der Waals surface area contributed by atoms with E-state index in [1.807, 2.05) is 12.1 Å². The van der Waals surface area contributed by atoms with Crippen molar-refractivity contribution in [3.05, 3.63) is 107 Å². The molecule has 1 aliphatic carbocycles. The van der Waals surface area contributed by atoms with E-state index in [9.17, 15) is 0 Å². The molecule has 4 aromatic rings. The third kappa shape index (κ3) is 2.96. The zero-order valence-electron chi connectivity index (χ0n) is 19.6. The molecular formula is C31H28O3. The molecule has 34 heavy (non-hydrogen) atoms. The number of rotatable bonds is 6. The first kappa shape index (κ1) is 20.9. The molecule has 0 fully saturated rings. The molecule has 0 aromatic heterocycles.